The highest BCUT2D eigenvalue weighted by molar-refractivity contribution is 5.87. The highest BCUT2D eigenvalue weighted by Crippen LogP contribution is 2.56. The number of H-pyrrole nitrogens is 1. The van der Waals surface area contributed by atoms with Crippen molar-refractivity contribution in [2.45, 2.75) is 38.3 Å². The summed E-state index contributed by atoms with van der Waals surface area (Å²) in [5.74, 6) is 0.293. The van der Waals surface area contributed by atoms with Gasteiger partial charge in [-0.2, -0.15) is 0 Å². The molecule has 1 spiro atoms. The molecule has 8 nitrogen and oxygen atoms in total. The number of aromatic amines is 1. The number of aliphatic hydroxyl groups excluding tert-OH is 1. The molecule has 2 unspecified atom stereocenters. The standard InChI is InChI=1S/C22H25FN6O2/c1-13(18(30)17-3-2-14(23)10-25-17)28-21(31)16-5-9-29(11-22(16)6-7-22)20-15-4-8-24-19(15)26-12-27-20/h2-4,8,10,12-13,16,18,30H,5-7,9,11H2,1H3,(H,28,31)(H,24,26,27)/t13?,16-,18?/m1/s1. The second-order valence-corrected chi connectivity index (χ2v) is 8.71. The maximum absolute atomic E-state index is 13.1. The average Bonchev–Trinajstić information content (AvgIpc) is 3.34. The smallest absolute Gasteiger partial charge is 0.224 e. The lowest BCUT2D eigenvalue weighted by Crippen LogP contribution is -2.50. The number of piperidine rings is 1. The first-order valence-electron chi connectivity index (χ1n) is 10.6. The first kappa shape index (κ1) is 19.9. The minimum absolute atomic E-state index is 0.0414. The van der Waals surface area contributed by atoms with E-state index in [0.29, 0.717) is 5.69 Å². The number of aliphatic hydroxyl groups is 1. The second kappa shape index (κ2) is 7.56. The maximum Gasteiger partial charge on any atom is 0.224 e. The first-order valence-corrected chi connectivity index (χ1v) is 10.6. The summed E-state index contributed by atoms with van der Waals surface area (Å²) in [5, 5.41) is 14.5. The number of pyridine rings is 1. The lowest BCUT2D eigenvalue weighted by Gasteiger charge is -2.39. The molecule has 1 saturated carbocycles. The summed E-state index contributed by atoms with van der Waals surface area (Å²) in [6, 6.07) is 4.15. The molecule has 0 radical (unpaired) electrons. The van der Waals surface area contributed by atoms with Crippen LogP contribution < -0.4 is 10.2 Å². The van der Waals surface area contributed by atoms with E-state index in [4.69, 9.17) is 0 Å². The molecule has 4 heterocycles. The Balaban J connectivity index is 1.27. The molecule has 1 aliphatic heterocycles. The van der Waals surface area contributed by atoms with Gasteiger partial charge in [-0.3, -0.25) is 9.78 Å². The Morgan fingerprint density at radius 3 is 2.90 bits per heavy atom. The molecule has 0 bridgehead atoms. The van der Waals surface area contributed by atoms with E-state index in [1.54, 1.807) is 13.3 Å². The van der Waals surface area contributed by atoms with E-state index in [1.807, 2.05) is 12.3 Å². The van der Waals surface area contributed by atoms with Gasteiger partial charge in [0, 0.05) is 25.2 Å². The lowest BCUT2D eigenvalue weighted by molar-refractivity contribution is -0.129. The Hall–Kier alpha value is -3.07. The normalized spacial score (nSPS) is 21.8. The summed E-state index contributed by atoms with van der Waals surface area (Å²) in [4.78, 5) is 31.2. The highest BCUT2D eigenvalue weighted by atomic mass is 19.1. The van der Waals surface area contributed by atoms with Crippen LogP contribution in [0.2, 0.25) is 0 Å². The molecule has 0 aromatic carbocycles. The summed E-state index contributed by atoms with van der Waals surface area (Å²) < 4.78 is 13.1. The van der Waals surface area contributed by atoms with Gasteiger partial charge in [-0.15, -0.1) is 0 Å². The molecular formula is C22H25FN6O2. The van der Waals surface area contributed by atoms with Gasteiger partial charge < -0.3 is 20.3 Å². The van der Waals surface area contributed by atoms with Crippen LogP contribution >= 0.6 is 0 Å². The monoisotopic (exact) mass is 424 g/mol. The molecule has 2 aliphatic rings. The van der Waals surface area contributed by atoms with Gasteiger partial charge in [0.05, 0.1) is 23.3 Å². The second-order valence-electron chi connectivity index (χ2n) is 8.71. The summed E-state index contributed by atoms with van der Waals surface area (Å²) in [6.07, 6.45) is 6.22. The molecule has 3 aromatic rings. The predicted octanol–water partition coefficient (Wildman–Crippen LogP) is 2.34. The van der Waals surface area contributed by atoms with Gasteiger partial charge in [0.2, 0.25) is 5.91 Å². The molecule has 2 fully saturated rings. The quantitative estimate of drug-likeness (QED) is 0.580. The van der Waals surface area contributed by atoms with Crippen molar-refractivity contribution in [1.82, 2.24) is 25.3 Å². The van der Waals surface area contributed by atoms with Gasteiger partial charge in [-0.25, -0.2) is 14.4 Å². The van der Waals surface area contributed by atoms with E-state index in [-0.39, 0.29) is 17.2 Å². The zero-order valence-electron chi connectivity index (χ0n) is 17.3. The molecule has 3 atom stereocenters. The number of hydrogen-bond acceptors (Lipinski definition) is 6. The van der Waals surface area contributed by atoms with Crippen molar-refractivity contribution >= 4 is 22.8 Å². The van der Waals surface area contributed by atoms with Crippen LogP contribution in [-0.4, -0.2) is 50.1 Å². The van der Waals surface area contributed by atoms with E-state index < -0.39 is 18.0 Å². The molecule has 1 amide bonds. The van der Waals surface area contributed by atoms with Crippen molar-refractivity contribution in [2.24, 2.45) is 11.3 Å². The van der Waals surface area contributed by atoms with Crippen LogP contribution in [0.15, 0.2) is 36.9 Å². The zero-order valence-corrected chi connectivity index (χ0v) is 17.3. The number of anilines is 1. The van der Waals surface area contributed by atoms with Gasteiger partial charge in [-0.1, -0.05) is 0 Å². The fraction of sp³-hybridized carbons (Fsp3) is 0.455. The molecular weight excluding hydrogens is 399 g/mol. The molecule has 5 rings (SSSR count). The third-order valence-corrected chi connectivity index (χ3v) is 6.67. The minimum Gasteiger partial charge on any atom is -0.385 e. The van der Waals surface area contributed by atoms with E-state index in [1.165, 1.54) is 12.1 Å². The summed E-state index contributed by atoms with van der Waals surface area (Å²) in [5.41, 5.74) is 1.09. The molecule has 9 heteroatoms. The predicted molar refractivity (Wildman–Crippen MR) is 113 cm³/mol. The van der Waals surface area contributed by atoms with Gasteiger partial charge in [-0.05, 0) is 49.8 Å². The summed E-state index contributed by atoms with van der Waals surface area (Å²) >= 11 is 0. The number of carbonyl (C=O) groups excluding carboxylic acids is 1. The number of amides is 1. The minimum atomic E-state index is -0.998. The van der Waals surface area contributed by atoms with Crippen molar-refractivity contribution in [3.63, 3.8) is 0 Å². The fourth-order valence-corrected chi connectivity index (χ4v) is 4.75. The average molecular weight is 424 g/mol. The Morgan fingerprint density at radius 1 is 1.32 bits per heavy atom. The van der Waals surface area contributed by atoms with Crippen LogP contribution in [-0.2, 0) is 4.79 Å². The molecule has 3 aromatic heterocycles. The number of halogens is 1. The number of rotatable bonds is 5. The van der Waals surface area contributed by atoms with Crippen LogP contribution in [0.4, 0.5) is 10.2 Å². The number of aromatic nitrogens is 4. The molecule has 31 heavy (non-hydrogen) atoms. The molecule has 1 aliphatic carbocycles. The van der Waals surface area contributed by atoms with Crippen LogP contribution in [0.3, 0.4) is 0 Å². The van der Waals surface area contributed by atoms with Gasteiger partial charge in [0.25, 0.3) is 0 Å². The molecule has 162 valence electrons. The fourth-order valence-electron chi connectivity index (χ4n) is 4.75. The summed E-state index contributed by atoms with van der Waals surface area (Å²) in [6.45, 7) is 3.25. The van der Waals surface area contributed by atoms with Gasteiger partial charge in [0.15, 0.2) is 0 Å². The number of nitrogens with zero attached hydrogens (tertiary/aromatic N) is 4. The number of nitrogens with one attached hydrogen (secondary N) is 2. The Labute approximate surface area is 178 Å². The van der Waals surface area contributed by atoms with E-state index in [2.05, 4.69) is 30.2 Å². The maximum atomic E-state index is 13.1. The zero-order chi connectivity index (χ0) is 21.6. The van der Waals surface area contributed by atoms with Crippen LogP contribution in [0.5, 0.6) is 0 Å². The van der Waals surface area contributed by atoms with E-state index in [0.717, 1.165) is 55.4 Å². The topological polar surface area (TPSA) is 107 Å². The summed E-state index contributed by atoms with van der Waals surface area (Å²) in [7, 11) is 0. The Morgan fingerprint density at radius 2 is 2.16 bits per heavy atom. The molecule has 3 N–H and O–H groups in total. The van der Waals surface area contributed by atoms with Crippen molar-refractivity contribution < 1.29 is 14.3 Å². The van der Waals surface area contributed by atoms with Crippen LogP contribution in [0.25, 0.3) is 11.0 Å². The largest absolute Gasteiger partial charge is 0.385 e. The third-order valence-electron chi connectivity index (χ3n) is 6.67. The van der Waals surface area contributed by atoms with Gasteiger partial charge >= 0.3 is 0 Å². The Kier molecular flexibility index (Phi) is 4.85. The van der Waals surface area contributed by atoms with Crippen molar-refractivity contribution in [1.29, 1.82) is 0 Å². The number of fused-ring (bicyclic) bond motifs is 1. The lowest BCUT2D eigenvalue weighted by atomic mass is 9.81. The van der Waals surface area contributed by atoms with E-state index in [9.17, 15) is 14.3 Å². The van der Waals surface area contributed by atoms with Crippen LogP contribution in [0, 0.1) is 17.2 Å². The van der Waals surface area contributed by atoms with Crippen LogP contribution in [0.1, 0.15) is 38.0 Å². The van der Waals surface area contributed by atoms with Crippen molar-refractivity contribution in [3.8, 4) is 0 Å². The highest BCUT2D eigenvalue weighted by Gasteiger charge is 2.55. The van der Waals surface area contributed by atoms with Gasteiger partial charge in [0.1, 0.15) is 29.7 Å². The Bertz CT molecular complexity index is 1100. The number of hydrogen-bond donors (Lipinski definition) is 3. The van der Waals surface area contributed by atoms with E-state index >= 15 is 0 Å². The SMILES string of the molecule is CC(NC(=O)[C@H]1CCN(c2ncnc3[nH]ccc23)CC12CC2)C(O)c1ccc(F)cn1. The van der Waals surface area contributed by atoms with Crippen molar-refractivity contribution in [2.75, 3.05) is 18.0 Å². The van der Waals surface area contributed by atoms with Crippen molar-refractivity contribution in [3.05, 3.63) is 48.4 Å². The first-order chi connectivity index (χ1) is 15.0. The number of carbonyl (C=O) groups is 1. The third kappa shape index (κ3) is 3.63. The molecule has 1 saturated heterocycles.